The minimum absolute atomic E-state index is 0.753. The molecule has 0 radical (unpaired) electrons. The first-order valence-electron chi connectivity index (χ1n) is 8.48. The van der Waals surface area contributed by atoms with Crippen molar-refractivity contribution in [2.45, 2.75) is 27.7 Å². The molecule has 0 unspecified atom stereocenters. The van der Waals surface area contributed by atoms with Crippen LogP contribution in [-0.2, 0) is 0 Å². The third-order valence-electron chi connectivity index (χ3n) is 4.37. The molecule has 0 aliphatic rings. The number of nitrogens with one attached hydrogen (secondary N) is 1. The van der Waals surface area contributed by atoms with Gasteiger partial charge >= 0.3 is 0 Å². The van der Waals surface area contributed by atoms with Gasteiger partial charge in [0.05, 0.1) is 11.6 Å². The maximum Gasteiger partial charge on any atom is 0.158 e. The summed E-state index contributed by atoms with van der Waals surface area (Å²) < 4.78 is 0. The molecule has 3 aromatic rings. The Labute approximate surface area is 152 Å². The van der Waals surface area contributed by atoms with Gasteiger partial charge in [-0.3, -0.25) is 5.43 Å². The molecule has 0 bridgehead atoms. The summed E-state index contributed by atoms with van der Waals surface area (Å²) in [6.45, 7) is 10.5. The van der Waals surface area contributed by atoms with Crippen LogP contribution in [0.15, 0.2) is 35.7 Å². The molecule has 0 saturated heterocycles. The fourth-order valence-electron chi connectivity index (χ4n) is 2.80. The molecular formula is C19H23N5S. The number of hydrogen-bond donors (Lipinski definition) is 1. The Morgan fingerprint density at radius 3 is 2.52 bits per heavy atom. The summed E-state index contributed by atoms with van der Waals surface area (Å²) in [7, 11) is 0. The molecule has 0 aliphatic carbocycles. The van der Waals surface area contributed by atoms with E-state index in [9.17, 15) is 0 Å². The number of hydrazone groups is 1. The van der Waals surface area contributed by atoms with Gasteiger partial charge in [0, 0.05) is 23.7 Å². The first kappa shape index (κ1) is 17.4. The number of aryl methyl sites for hydroxylation is 2. The second kappa shape index (κ2) is 7.61. The SMILES string of the molecule is CCN(CC)c1ccc(C=NNc2ncnc3sc(C)c(C)c23)cc1. The Morgan fingerprint density at radius 2 is 1.84 bits per heavy atom. The van der Waals surface area contributed by atoms with Gasteiger partial charge in [-0.2, -0.15) is 5.10 Å². The van der Waals surface area contributed by atoms with Crippen LogP contribution in [-0.4, -0.2) is 29.3 Å². The molecule has 0 atom stereocenters. The zero-order valence-corrected chi connectivity index (χ0v) is 15.9. The molecule has 0 fully saturated rings. The topological polar surface area (TPSA) is 53.4 Å². The van der Waals surface area contributed by atoms with Crippen LogP contribution in [0.4, 0.5) is 11.5 Å². The molecule has 0 aliphatic heterocycles. The maximum absolute atomic E-state index is 4.35. The van der Waals surface area contributed by atoms with Crippen LogP contribution in [0, 0.1) is 13.8 Å². The third-order valence-corrected chi connectivity index (χ3v) is 5.49. The van der Waals surface area contributed by atoms with E-state index in [0.717, 1.165) is 34.7 Å². The van der Waals surface area contributed by atoms with Crippen LogP contribution >= 0.6 is 11.3 Å². The highest BCUT2D eigenvalue weighted by molar-refractivity contribution is 7.18. The standard InChI is InChI=1S/C19H23N5S/c1-5-24(6-2)16-9-7-15(8-10-16)11-22-23-18-17-13(3)14(4)25-19(17)21-12-20-18/h7-12H,5-6H2,1-4H3,(H,20,21,23). The van der Waals surface area contributed by atoms with Crippen molar-refractivity contribution in [2.75, 3.05) is 23.4 Å². The van der Waals surface area contributed by atoms with Gasteiger partial charge in [0.1, 0.15) is 11.2 Å². The number of benzene rings is 1. The predicted molar refractivity (Wildman–Crippen MR) is 108 cm³/mol. The minimum Gasteiger partial charge on any atom is -0.372 e. The lowest BCUT2D eigenvalue weighted by atomic mass is 10.2. The van der Waals surface area contributed by atoms with Gasteiger partial charge in [0.15, 0.2) is 5.82 Å². The first-order chi connectivity index (χ1) is 12.1. The van der Waals surface area contributed by atoms with Crippen molar-refractivity contribution in [3.8, 4) is 0 Å². The second-order valence-corrected chi connectivity index (χ2v) is 7.02. The fraction of sp³-hybridized carbons (Fsp3) is 0.316. The monoisotopic (exact) mass is 353 g/mol. The van der Waals surface area contributed by atoms with E-state index in [2.05, 4.69) is 77.4 Å². The van der Waals surface area contributed by atoms with Crippen LogP contribution < -0.4 is 10.3 Å². The van der Waals surface area contributed by atoms with Crippen molar-refractivity contribution in [1.82, 2.24) is 9.97 Å². The molecule has 1 N–H and O–H groups in total. The predicted octanol–water partition coefficient (Wildman–Crippen LogP) is 4.60. The molecule has 2 heterocycles. The minimum atomic E-state index is 0.753. The number of nitrogens with zero attached hydrogens (tertiary/aromatic N) is 4. The van der Waals surface area contributed by atoms with Gasteiger partial charge < -0.3 is 4.90 Å². The van der Waals surface area contributed by atoms with Crippen molar-refractivity contribution >= 4 is 39.3 Å². The molecule has 5 nitrogen and oxygen atoms in total. The Bertz CT molecular complexity index is 879. The van der Waals surface area contributed by atoms with E-state index in [-0.39, 0.29) is 0 Å². The molecular weight excluding hydrogens is 330 g/mol. The molecule has 3 rings (SSSR count). The van der Waals surface area contributed by atoms with Crippen LogP contribution in [0.2, 0.25) is 0 Å². The van der Waals surface area contributed by atoms with E-state index in [4.69, 9.17) is 0 Å². The average Bonchev–Trinajstić information content (AvgIpc) is 2.92. The number of thiophene rings is 1. The van der Waals surface area contributed by atoms with Gasteiger partial charge in [-0.15, -0.1) is 11.3 Å². The Kier molecular flexibility index (Phi) is 5.28. The van der Waals surface area contributed by atoms with Crippen molar-refractivity contribution in [2.24, 2.45) is 5.10 Å². The van der Waals surface area contributed by atoms with E-state index in [1.165, 1.54) is 16.1 Å². The summed E-state index contributed by atoms with van der Waals surface area (Å²) >= 11 is 1.68. The summed E-state index contributed by atoms with van der Waals surface area (Å²) in [6.07, 6.45) is 3.39. The van der Waals surface area contributed by atoms with Crippen LogP contribution in [0.5, 0.6) is 0 Å². The van der Waals surface area contributed by atoms with E-state index in [1.54, 1.807) is 17.7 Å². The molecule has 0 spiro atoms. The zero-order chi connectivity index (χ0) is 17.8. The Morgan fingerprint density at radius 1 is 1.12 bits per heavy atom. The normalized spacial score (nSPS) is 11.4. The van der Waals surface area contributed by atoms with E-state index >= 15 is 0 Å². The number of aromatic nitrogens is 2. The summed E-state index contributed by atoms with van der Waals surface area (Å²) in [5.41, 5.74) is 6.56. The highest BCUT2D eigenvalue weighted by atomic mass is 32.1. The van der Waals surface area contributed by atoms with Gasteiger partial charge in [-0.05, 0) is 51.0 Å². The van der Waals surface area contributed by atoms with Gasteiger partial charge in [0.2, 0.25) is 0 Å². The zero-order valence-electron chi connectivity index (χ0n) is 15.1. The highest BCUT2D eigenvalue weighted by Crippen LogP contribution is 2.32. The number of anilines is 2. The quantitative estimate of drug-likeness (QED) is 0.520. The highest BCUT2D eigenvalue weighted by Gasteiger charge is 2.11. The lowest BCUT2D eigenvalue weighted by molar-refractivity contribution is 0.866. The molecule has 0 saturated carbocycles. The Balaban J connectivity index is 1.76. The molecule has 2 aromatic heterocycles. The van der Waals surface area contributed by atoms with Crippen molar-refractivity contribution in [3.63, 3.8) is 0 Å². The van der Waals surface area contributed by atoms with Gasteiger partial charge in [0.25, 0.3) is 0 Å². The first-order valence-corrected chi connectivity index (χ1v) is 9.30. The summed E-state index contributed by atoms with van der Waals surface area (Å²) in [5, 5.41) is 5.41. The third kappa shape index (κ3) is 3.64. The van der Waals surface area contributed by atoms with E-state index in [0.29, 0.717) is 0 Å². The molecule has 25 heavy (non-hydrogen) atoms. The van der Waals surface area contributed by atoms with Gasteiger partial charge in [-0.25, -0.2) is 9.97 Å². The molecule has 1 aromatic carbocycles. The fourth-order valence-corrected chi connectivity index (χ4v) is 3.79. The second-order valence-electron chi connectivity index (χ2n) is 5.82. The summed E-state index contributed by atoms with van der Waals surface area (Å²) in [6, 6.07) is 8.41. The number of fused-ring (bicyclic) bond motifs is 1. The molecule has 0 amide bonds. The van der Waals surface area contributed by atoms with Crippen molar-refractivity contribution in [1.29, 1.82) is 0 Å². The number of hydrogen-bond acceptors (Lipinski definition) is 6. The number of rotatable bonds is 6. The smallest absolute Gasteiger partial charge is 0.158 e. The molecule has 130 valence electrons. The van der Waals surface area contributed by atoms with Crippen LogP contribution in [0.3, 0.4) is 0 Å². The largest absolute Gasteiger partial charge is 0.372 e. The van der Waals surface area contributed by atoms with E-state index < -0.39 is 0 Å². The van der Waals surface area contributed by atoms with E-state index in [1.807, 2.05) is 6.21 Å². The lowest BCUT2D eigenvalue weighted by Gasteiger charge is -2.20. The Hall–Kier alpha value is -2.47. The van der Waals surface area contributed by atoms with Crippen LogP contribution in [0.25, 0.3) is 10.2 Å². The van der Waals surface area contributed by atoms with Crippen LogP contribution in [0.1, 0.15) is 29.9 Å². The molecule has 6 heteroatoms. The van der Waals surface area contributed by atoms with Crippen molar-refractivity contribution < 1.29 is 0 Å². The van der Waals surface area contributed by atoms with Crippen molar-refractivity contribution in [3.05, 3.63) is 46.6 Å². The van der Waals surface area contributed by atoms with Gasteiger partial charge in [-0.1, -0.05) is 12.1 Å². The summed E-state index contributed by atoms with van der Waals surface area (Å²) in [5.74, 6) is 0.753. The lowest BCUT2D eigenvalue weighted by Crippen LogP contribution is -2.21. The maximum atomic E-state index is 4.35. The average molecular weight is 353 g/mol. The summed E-state index contributed by atoms with van der Waals surface area (Å²) in [4.78, 5) is 13.2.